The first-order valence-electron chi connectivity index (χ1n) is 10.4. The Bertz CT molecular complexity index is 385. The average Bonchev–Trinajstić information content (AvgIpc) is 2.48. The summed E-state index contributed by atoms with van der Waals surface area (Å²) in [6, 6.07) is 0. The average molecular weight is 379 g/mol. The molecule has 0 radical (unpaired) electrons. The summed E-state index contributed by atoms with van der Waals surface area (Å²) in [6.07, 6.45) is 17.9. The van der Waals surface area contributed by atoms with Crippen molar-refractivity contribution in [2.45, 2.75) is 123 Å². The smallest absolute Gasteiger partial charge is 0.248 e. The second-order valence-electron chi connectivity index (χ2n) is 8.02. The van der Waals surface area contributed by atoms with Crippen LogP contribution in [0.25, 0.3) is 0 Å². The lowest BCUT2D eigenvalue weighted by Gasteiger charge is -2.18. The molecule has 0 N–H and O–H groups in total. The summed E-state index contributed by atoms with van der Waals surface area (Å²) in [5, 5.41) is 0. The molecule has 152 valence electrons. The Balaban J connectivity index is 3.29. The molecule has 0 fully saturated rings. The molecule has 4 nitrogen and oxygen atoms in total. The first-order valence-corrected chi connectivity index (χ1v) is 11.7. The van der Waals surface area contributed by atoms with Gasteiger partial charge in [-0.15, -0.1) is 0 Å². The Morgan fingerprint density at radius 1 is 0.640 bits per heavy atom. The van der Waals surface area contributed by atoms with Gasteiger partial charge in [0.15, 0.2) is 0 Å². The fraction of sp³-hybridized carbons (Fsp3) is 1.00. The summed E-state index contributed by atoms with van der Waals surface area (Å²) < 4.78 is 32.8. The van der Waals surface area contributed by atoms with Gasteiger partial charge < -0.3 is 0 Å². The lowest BCUT2D eigenvalue weighted by molar-refractivity contribution is 0.103. The highest BCUT2D eigenvalue weighted by Crippen LogP contribution is 2.15. The molecule has 0 heterocycles. The number of rotatable bonds is 17. The zero-order valence-electron chi connectivity index (χ0n) is 17.1. The van der Waals surface area contributed by atoms with Crippen LogP contribution in [0.1, 0.15) is 118 Å². The van der Waals surface area contributed by atoms with Crippen LogP contribution >= 0.6 is 0 Å². The van der Waals surface area contributed by atoms with Crippen LogP contribution in [0.5, 0.6) is 0 Å². The second kappa shape index (κ2) is 15.0. The maximum Gasteiger partial charge on any atom is 0.400 e. The summed E-state index contributed by atoms with van der Waals surface area (Å²) in [5.41, 5.74) is -0.742. The van der Waals surface area contributed by atoms with E-state index in [0.717, 1.165) is 19.3 Å². The monoisotopic (exact) mass is 378 g/mol. The minimum Gasteiger partial charge on any atom is -0.248 e. The van der Waals surface area contributed by atoms with Gasteiger partial charge in [0, 0.05) is 0 Å². The van der Waals surface area contributed by atoms with Gasteiger partial charge in [-0.25, -0.2) is 8.37 Å². The molecular formula is C20H42O4S. The summed E-state index contributed by atoms with van der Waals surface area (Å²) >= 11 is 0. The maximum absolute atomic E-state index is 11.5. The van der Waals surface area contributed by atoms with Crippen LogP contribution in [-0.4, -0.2) is 20.6 Å². The molecule has 0 aromatic carbocycles. The molecule has 0 amide bonds. The molecule has 0 saturated heterocycles. The lowest BCUT2D eigenvalue weighted by Crippen LogP contribution is -2.25. The van der Waals surface area contributed by atoms with E-state index in [1.54, 1.807) is 20.8 Å². The Hall–Kier alpha value is -0.130. The van der Waals surface area contributed by atoms with Crippen molar-refractivity contribution >= 4 is 10.4 Å². The summed E-state index contributed by atoms with van der Waals surface area (Å²) in [5.74, 6) is 0. The van der Waals surface area contributed by atoms with Gasteiger partial charge in [0.25, 0.3) is 0 Å². The van der Waals surface area contributed by atoms with Crippen LogP contribution in [0.2, 0.25) is 0 Å². The number of hydrogen-bond acceptors (Lipinski definition) is 4. The normalized spacial score (nSPS) is 12.6. The van der Waals surface area contributed by atoms with Crippen LogP contribution in [0, 0.1) is 0 Å². The molecule has 0 aliphatic rings. The van der Waals surface area contributed by atoms with E-state index in [1.165, 1.54) is 70.6 Å². The molecule has 5 heteroatoms. The third kappa shape index (κ3) is 20.0. The molecule has 0 saturated carbocycles. The standard InChI is InChI=1S/C20H42O4S/c1-5-6-7-8-9-10-11-12-13-14-15-16-17-18-19-23-25(21,22)24-20(2,3)4/h5-19H2,1-4H3. The highest BCUT2D eigenvalue weighted by Gasteiger charge is 2.22. The van der Waals surface area contributed by atoms with Crippen LogP contribution in [0.15, 0.2) is 0 Å². The van der Waals surface area contributed by atoms with Gasteiger partial charge in [-0.2, -0.15) is 8.42 Å². The molecule has 0 aliphatic carbocycles. The molecule has 0 aromatic heterocycles. The highest BCUT2D eigenvalue weighted by atomic mass is 32.3. The van der Waals surface area contributed by atoms with E-state index in [-0.39, 0.29) is 6.61 Å². The predicted molar refractivity (Wildman–Crippen MR) is 106 cm³/mol. The van der Waals surface area contributed by atoms with Crippen LogP contribution < -0.4 is 0 Å². The van der Waals surface area contributed by atoms with Gasteiger partial charge >= 0.3 is 10.4 Å². The van der Waals surface area contributed by atoms with E-state index < -0.39 is 16.0 Å². The molecule has 0 atom stereocenters. The first-order chi connectivity index (χ1) is 11.8. The predicted octanol–water partition coefficient (Wildman–Crippen LogP) is 6.54. The van der Waals surface area contributed by atoms with Crippen LogP contribution in [0.3, 0.4) is 0 Å². The van der Waals surface area contributed by atoms with Crippen molar-refractivity contribution < 1.29 is 16.8 Å². The van der Waals surface area contributed by atoms with Crippen molar-refractivity contribution in [1.29, 1.82) is 0 Å². The van der Waals surface area contributed by atoms with Gasteiger partial charge in [0.1, 0.15) is 0 Å². The fourth-order valence-corrected chi connectivity index (χ4v) is 3.77. The van der Waals surface area contributed by atoms with E-state index in [9.17, 15) is 8.42 Å². The topological polar surface area (TPSA) is 52.6 Å². The minimum atomic E-state index is -3.86. The second-order valence-corrected chi connectivity index (χ2v) is 9.24. The number of hydrogen-bond donors (Lipinski definition) is 0. The van der Waals surface area contributed by atoms with Gasteiger partial charge in [0.2, 0.25) is 0 Å². The van der Waals surface area contributed by atoms with Crippen LogP contribution in [-0.2, 0) is 18.8 Å². The molecular weight excluding hydrogens is 336 g/mol. The van der Waals surface area contributed by atoms with Gasteiger partial charge in [-0.3, -0.25) is 0 Å². The van der Waals surface area contributed by atoms with Gasteiger partial charge in [-0.1, -0.05) is 90.4 Å². The van der Waals surface area contributed by atoms with E-state index in [2.05, 4.69) is 6.92 Å². The lowest BCUT2D eigenvalue weighted by atomic mass is 10.0. The van der Waals surface area contributed by atoms with Crippen LogP contribution in [0.4, 0.5) is 0 Å². The van der Waals surface area contributed by atoms with Crippen molar-refractivity contribution in [2.75, 3.05) is 6.61 Å². The van der Waals surface area contributed by atoms with Gasteiger partial charge in [0.05, 0.1) is 12.2 Å². The zero-order valence-corrected chi connectivity index (χ0v) is 18.0. The maximum atomic E-state index is 11.5. The van der Waals surface area contributed by atoms with E-state index in [4.69, 9.17) is 8.37 Å². The summed E-state index contributed by atoms with van der Waals surface area (Å²) in [4.78, 5) is 0. The molecule has 0 bridgehead atoms. The van der Waals surface area contributed by atoms with Crippen molar-refractivity contribution in [1.82, 2.24) is 0 Å². The third-order valence-electron chi connectivity index (χ3n) is 4.08. The Labute approximate surface area is 157 Å². The van der Waals surface area contributed by atoms with Crippen molar-refractivity contribution in [3.63, 3.8) is 0 Å². The molecule has 0 rings (SSSR count). The van der Waals surface area contributed by atoms with E-state index >= 15 is 0 Å². The zero-order chi connectivity index (χ0) is 19.0. The Morgan fingerprint density at radius 2 is 1.00 bits per heavy atom. The quantitative estimate of drug-likeness (QED) is 0.269. The van der Waals surface area contributed by atoms with Crippen molar-refractivity contribution in [2.24, 2.45) is 0 Å². The Kier molecular flexibility index (Phi) is 14.9. The Morgan fingerprint density at radius 3 is 1.36 bits per heavy atom. The van der Waals surface area contributed by atoms with E-state index in [0.29, 0.717) is 0 Å². The van der Waals surface area contributed by atoms with Gasteiger partial charge in [-0.05, 0) is 27.2 Å². The largest absolute Gasteiger partial charge is 0.400 e. The molecule has 0 aromatic rings. The summed E-state index contributed by atoms with van der Waals surface area (Å²) in [6.45, 7) is 7.56. The first kappa shape index (κ1) is 24.9. The fourth-order valence-electron chi connectivity index (χ4n) is 2.79. The summed E-state index contributed by atoms with van der Waals surface area (Å²) in [7, 11) is -3.86. The molecule has 0 unspecified atom stereocenters. The van der Waals surface area contributed by atoms with E-state index in [1.807, 2.05) is 0 Å². The minimum absolute atomic E-state index is 0.219. The number of unbranched alkanes of at least 4 members (excludes halogenated alkanes) is 13. The SMILES string of the molecule is CCCCCCCCCCCCCCCCOS(=O)(=O)OC(C)(C)C. The highest BCUT2D eigenvalue weighted by molar-refractivity contribution is 7.81. The van der Waals surface area contributed by atoms with Crippen molar-refractivity contribution in [3.8, 4) is 0 Å². The third-order valence-corrected chi connectivity index (χ3v) is 5.24. The molecule has 0 spiro atoms. The molecule has 0 aliphatic heterocycles. The van der Waals surface area contributed by atoms with Crippen molar-refractivity contribution in [3.05, 3.63) is 0 Å². The molecule has 25 heavy (non-hydrogen) atoms.